The monoisotopic (exact) mass is 290 g/mol. The molecule has 0 saturated carbocycles. The summed E-state index contributed by atoms with van der Waals surface area (Å²) in [6.45, 7) is 7.61. The van der Waals surface area contributed by atoms with E-state index in [1.165, 1.54) is 6.42 Å². The number of anilines is 1. The largest absolute Gasteiger partial charge is 0.495 e. The lowest BCUT2D eigenvalue weighted by atomic mass is 9.92. The molecule has 1 saturated heterocycles. The van der Waals surface area contributed by atoms with E-state index in [1.54, 1.807) is 7.11 Å². The van der Waals surface area contributed by atoms with Crippen LogP contribution in [0.5, 0.6) is 5.75 Å². The number of nitrogens with zero attached hydrogens (tertiary/aromatic N) is 1. The number of para-hydroxylation sites is 2. The number of likely N-dealkylation sites (tertiary alicyclic amines) is 1. The molecular formula is C17H26N2O2. The maximum absolute atomic E-state index is 12.1. The predicted molar refractivity (Wildman–Crippen MR) is 85.6 cm³/mol. The van der Waals surface area contributed by atoms with Gasteiger partial charge in [-0.05, 0) is 30.4 Å². The number of nitrogens with one attached hydrogen (secondary N) is 1. The second kappa shape index (κ2) is 7.46. The summed E-state index contributed by atoms with van der Waals surface area (Å²) in [6, 6.07) is 7.50. The number of rotatable bonds is 5. The van der Waals surface area contributed by atoms with Crippen LogP contribution in [-0.4, -0.2) is 37.6 Å². The van der Waals surface area contributed by atoms with E-state index in [-0.39, 0.29) is 5.91 Å². The van der Waals surface area contributed by atoms with Gasteiger partial charge in [-0.2, -0.15) is 0 Å². The van der Waals surface area contributed by atoms with Crippen molar-refractivity contribution in [3.63, 3.8) is 0 Å². The standard InChI is InChI=1S/C17H26N2O2/c1-13-10-14(2)12-19(11-13)9-8-17(20)18-15-6-4-5-7-16(15)21-3/h4-7,13-14H,8-12H2,1-3H3,(H,18,20)/t13-,14-/m0/s1. The van der Waals surface area contributed by atoms with E-state index in [0.717, 1.165) is 37.2 Å². The van der Waals surface area contributed by atoms with Crippen LogP contribution in [0.4, 0.5) is 5.69 Å². The molecule has 1 fully saturated rings. The molecule has 0 aromatic heterocycles. The van der Waals surface area contributed by atoms with Crippen molar-refractivity contribution in [2.45, 2.75) is 26.7 Å². The van der Waals surface area contributed by atoms with Crippen LogP contribution in [0.1, 0.15) is 26.7 Å². The minimum absolute atomic E-state index is 0.0466. The van der Waals surface area contributed by atoms with Crippen LogP contribution in [0.3, 0.4) is 0 Å². The number of ether oxygens (including phenoxy) is 1. The summed E-state index contributed by atoms with van der Waals surface area (Å²) in [5, 5.41) is 2.93. The summed E-state index contributed by atoms with van der Waals surface area (Å²) in [5.74, 6) is 2.20. The molecule has 4 heteroatoms. The van der Waals surface area contributed by atoms with Crippen molar-refractivity contribution >= 4 is 11.6 Å². The molecule has 1 aromatic rings. The highest BCUT2D eigenvalue weighted by Gasteiger charge is 2.21. The van der Waals surface area contributed by atoms with Crippen molar-refractivity contribution in [1.82, 2.24) is 4.90 Å². The highest BCUT2D eigenvalue weighted by molar-refractivity contribution is 5.92. The predicted octanol–water partition coefficient (Wildman–Crippen LogP) is 3.00. The number of benzene rings is 1. The molecule has 116 valence electrons. The Morgan fingerprint density at radius 2 is 1.95 bits per heavy atom. The molecule has 1 aliphatic rings. The Bertz CT molecular complexity index is 466. The van der Waals surface area contributed by atoms with E-state index in [4.69, 9.17) is 4.74 Å². The average Bonchev–Trinajstić information content (AvgIpc) is 2.45. The lowest BCUT2D eigenvalue weighted by Gasteiger charge is -2.34. The smallest absolute Gasteiger partial charge is 0.225 e. The first kappa shape index (κ1) is 15.8. The second-order valence-corrected chi connectivity index (χ2v) is 6.20. The molecule has 0 aliphatic carbocycles. The van der Waals surface area contributed by atoms with Gasteiger partial charge in [0.15, 0.2) is 0 Å². The van der Waals surface area contributed by atoms with Gasteiger partial charge in [-0.15, -0.1) is 0 Å². The maximum Gasteiger partial charge on any atom is 0.225 e. The molecule has 21 heavy (non-hydrogen) atoms. The molecular weight excluding hydrogens is 264 g/mol. The molecule has 0 unspecified atom stereocenters. The molecule has 1 aliphatic heterocycles. The number of piperidine rings is 1. The van der Waals surface area contributed by atoms with E-state index in [0.29, 0.717) is 12.2 Å². The molecule has 2 rings (SSSR count). The fourth-order valence-corrected chi connectivity index (χ4v) is 3.19. The highest BCUT2D eigenvalue weighted by atomic mass is 16.5. The summed E-state index contributed by atoms with van der Waals surface area (Å²) in [4.78, 5) is 14.5. The number of carbonyl (C=O) groups excluding carboxylic acids is 1. The molecule has 1 amide bonds. The van der Waals surface area contributed by atoms with Crippen molar-refractivity contribution in [2.24, 2.45) is 11.8 Å². The Kier molecular flexibility index (Phi) is 5.62. The molecule has 1 aromatic carbocycles. The van der Waals surface area contributed by atoms with Gasteiger partial charge >= 0.3 is 0 Å². The van der Waals surface area contributed by atoms with E-state index in [2.05, 4.69) is 24.1 Å². The quantitative estimate of drug-likeness (QED) is 0.906. The van der Waals surface area contributed by atoms with E-state index < -0.39 is 0 Å². The molecule has 2 atom stereocenters. The third-order valence-electron chi connectivity index (χ3n) is 3.98. The lowest BCUT2D eigenvalue weighted by molar-refractivity contribution is -0.116. The van der Waals surface area contributed by atoms with Gasteiger partial charge in [-0.1, -0.05) is 26.0 Å². The maximum atomic E-state index is 12.1. The van der Waals surface area contributed by atoms with Crippen molar-refractivity contribution in [2.75, 3.05) is 32.1 Å². The molecule has 1 heterocycles. The van der Waals surface area contributed by atoms with Crippen LogP contribution in [0.15, 0.2) is 24.3 Å². The first-order chi connectivity index (χ1) is 10.1. The Morgan fingerprint density at radius 1 is 1.29 bits per heavy atom. The highest BCUT2D eigenvalue weighted by Crippen LogP contribution is 2.24. The Labute approximate surface area is 127 Å². The van der Waals surface area contributed by atoms with E-state index in [9.17, 15) is 4.79 Å². The van der Waals surface area contributed by atoms with Crippen LogP contribution in [0, 0.1) is 11.8 Å². The van der Waals surface area contributed by atoms with Gasteiger partial charge in [0.2, 0.25) is 5.91 Å². The average molecular weight is 290 g/mol. The van der Waals surface area contributed by atoms with Crippen molar-refractivity contribution in [3.05, 3.63) is 24.3 Å². The topological polar surface area (TPSA) is 41.6 Å². The normalized spacial score (nSPS) is 22.8. The number of carbonyl (C=O) groups is 1. The zero-order chi connectivity index (χ0) is 15.2. The Balaban J connectivity index is 1.82. The molecule has 0 spiro atoms. The summed E-state index contributed by atoms with van der Waals surface area (Å²) in [5.41, 5.74) is 0.741. The molecule has 0 radical (unpaired) electrons. The zero-order valence-corrected chi connectivity index (χ0v) is 13.3. The Morgan fingerprint density at radius 3 is 2.62 bits per heavy atom. The lowest BCUT2D eigenvalue weighted by Crippen LogP contribution is -2.40. The van der Waals surface area contributed by atoms with Gasteiger partial charge < -0.3 is 15.0 Å². The van der Waals surface area contributed by atoms with Crippen LogP contribution >= 0.6 is 0 Å². The number of methoxy groups -OCH3 is 1. The van der Waals surface area contributed by atoms with Crippen LogP contribution in [-0.2, 0) is 4.79 Å². The van der Waals surface area contributed by atoms with Gasteiger partial charge in [0, 0.05) is 26.1 Å². The second-order valence-electron chi connectivity index (χ2n) is 6.20. The zero-order valence-electron chi connectivity index (χ0n) is 13.3. The Hall–Kier alpha value is -1.55. The van der Waals surface area contributed by atoms with Gasteiger partial charge in [0.25, 0.3) is 0 Å². The number of amides is 1. The van der Waals surface area contributed by atoms with Gasteiger partial charge in [-0.25, -0.2) is 0 Å². The fraction of sp³-hybridized carbons (Fsp3) is 0.588. The van der Waals surface area contributed by atoms with Crippen molar-refractivity contribution in [3.8, 4) is 5.75 Å². The summed E-state index contributed by atoms with van der Waals surface area (Å²) in [6.07, 6.45) is 1.82. The first-order valence-electron chi connectivity index (χ1n) is 7.73. The van der Waals surface area contributed by atoms with Gasteiger partial charge in [0.1, 0.15) is 5.75 Å². The number of hydrogen-bond donors (Lipinski definition) is 1. The number of hydrogen-bond acceptors (Lipinski definition) is 3. The third-order valence-corrected chi connectivity index (χ3v) is 3.98. The third kappa shape index (κ3) is 4.74. The van der Waals surface area contributed by atoms with E-state index >= 15 is 0 Å². The minimum Gasteiger partial charge on any atom is -0.495 e. The van der Waals surface area contributed by atoms with Crippen molar-refractivity contribution in [1.29, 1.82) is 0 Å². The fourth-order valence-electron chi connectivity index (χ4n) is 3.19. The van der Waals surface area contributed by atoms with Crippen LogP contribution < -0.4 is 10.1 Å². The minimum atomic E-state index is 0.0466. The summed E-state index contributed by atoms with van der Waals surface area (Å²) in [7, 11) is 1.61. The molecule has 0 bridgehead atoms. The van der Waals surface area contributed by atoms with Crippen molar-refractivity contribution < 1.29 is 9.53 Å². The summed E-state index contributed by atoms with van der Waals surface area (Å²) < 4.78 is 5.24. The van der Waals surface area contributed by atoms with Gasteiger partial charge in [-0.3, -0.25) is 4.79 Å². The van der Waals surface area contributed by atoms with Gasteiger partial charge in [0.05, 0.1) is 12.8 Å². The SMILES string of the molecule is COc1ccccc1NC(=O)CCN1C[C@@H](C)C[C@H](C)C1. The molecule has 4 nitrogen and oxygen atoms in total. The summed E-state index contributed by atoms with van der Waals surface area (Å²) >= 11 is 0. The van der Waals surface area contributed by atoms with E-state index in [1.807, 2.05) is 24.3 Å². The molecule has 1 N–H and O–H groups in total. The van der Waals surface area contributed by atoms with Crippen LogP contribution in [0.25, 0.3) is 0 Å². The first-order valence-corrected chi connectivity index (χ1v) is 7.73. The van der Waals surface area contributed by atoms with Crippen LogP contribution in [0.2, 0.25) is 0 Å².